The lowest BCUT2D eigenvalue weighted by atomic mass is 9.93. The predicted octanol–water partition coefficient (Wildman–Crippen LogP) is 3.83. The molecule has 2 atom stereocenters. The molecule has 2 aromatic carbocycles. The second kappa shape index (κ2) is 11.5. The molecular formula is C31H39N3O6. The quantitative estimate of drug-likeness (QED) is 0.500. The number of nitrogens with one attached hydrogen (secondary N) is 1. The lowest BCUT2D eigenvalue weighted by Crippen LogP contribution is -2.48. The van der Waals surface area contributed by atoms with E-state index in [4.69, 9.17) is 14.2 Å². The third-order valence-corrected chi connectivity index (χ3v) is 8.25. The van der Waals surface area contributed by atoms with Crippen molar-refractivity contribution in [1.82, 2.24) is 10.2 Å². The number of amides is 3. The van der Waals surface area contributed by atoms with E-state index in [0.29, 0.717) is 61.6 Å². The van der Waals surface area contributed by atoms with E-state index in [1.54, 1.807) is 20.3 Å². The number of ether oxygens (including phenoxy) is 3. The predicted molar refractivity (Wildman–Crippen MR) is 151 cm³/mol. The second-order valence-corrected chi connectivity index (χ2v) is 11.5. The maximum absolute atomic E-state index is 13.7. The lowest BCUT2D eigenvalue weighted by molar-refractivity contribution is -0.125. The van der Waals surface area contributed by atoms with Crippen LogP contribution in [0.15, 0.2) is 36.4 Å². The van der Waals surface area contributed by atoms with Gasteiger partial charge in [0.2, 0.25) is 5.91 Å². The summed E-state index contributed by atoms with van der Waals surface area (Å²) in [5.41, 5.74) is 2.32. The summed E-state index contributed by atoms with van der Waals surface area (Å²) in [6.45, 7) is 6.26. The maximum atomic E-state index is 13.7. The fraction of sp³-hybridized carbons (Fsp3) is 0.516. The van der Waals surface area contributed by atoms with Crippen molar-refractivity contribution in [2.24, 2.45) is 5.92 Å². The fourth-order valence-corrected chi connectivity index (χ4v) is 6.22. The van der Waals surface area contributed by atoms with E-state index in [1.165, 1.54) is 4.90 Å². The van der Waals surface area contributed by atoms with E-state index >= 15 is 0 Å². The molecule has 3 aliphatic heterocycles. The molecule has 2 fully saturated rings. The van der Waals surface area contributed by atoms with E-state index in [9.17, 15) is 14.4 Å². The van der Waals surface area contributed by atoms with Gasteiger partial charge in [-0.05, 0) is 75.8 Å². The van der Waals surface area contributed by atoms with Crippen LogP contribution in [0.25, 0.3) is 0 Å². The zero-order valence-corrected chi connectivity index (χ0v) is 23.8. The summed E-state index contributed by atoms with van der Waals surface area (Å²) < 4.78 is 16.5. The molecule has 9 nitrogen and oxygen atoms in total. The number of hydrogen-bond donors (Lipinski definition) is 1. The van der Waals surface area contributed by atoms with Gasteiger partial charge < -0.3 is 24.4 Å². The Labute approximate surface area is 235 Å². The first-order chi connectivity index (χ1) is 19.2. The molecule has 3 aliphatic rings. The molecule has 40 heavy (non-hydrogen) atoms. The van der Waals surface area contributed by atoms with Gasteiger partial charge in [0.05, 0.1) is 42.6 Å². The van der Waals surface area contributed by atoms with Crippen molar-refractivity contribution in [2.45, 2.75) is 57.6 Å². The Bertz CT molecular complexity index is 1290. The summed E-state index contributed by atoms with van der Waals surface area (Å²) in [4.78, 5) is 43.8. The van der Waals surface area contributed by atoms with Gasteiger partial charge in [-0.1, -0.05) is 12.1 Å². The molecule has 0 radical (unpaired) electrons. The Morgan fingerprint density at radius 2 is 1.88 bits per heavy atom. The van der Waals surface area contributed by atoms with Gasteiger partial charge in [-0.2, -0.15) is 0 Å². The molecule has 2 saturated heterocycles. The third kappa shape index (κ3) is 5.52. The molecule has 0 aromatic heterocycles. The molecule has 5 rings (SSSR count). The first-order valence-corrected chi connectivity index (χ1v) is 14.1. The average Bonchev–Trinajstić information content (AvgIpc) is 3.21. The number of rotatable bonds is 8. The van der Waals surface area contributed by atoms with E-state index < -0.39 is 0 Å². The number of methoxy groups -OCH3 is 2. The number of nitrogens with zero attached hydrogens (tertiary/aromatic N) is 2. The van der Waals surface area contributed by atoms with Crippen LogP contribution in [0.2, 0.25) is 0 Å². The molecule has 214 valence electrons. The van der Waals surface area contributed by atoms with Crippen LogP contribution in [0.5, 0.6) is 11.5 Å². The van der Waals surface area contributed by atoms with E-state index in [2.05, 4.69) is 10.2 Å². The summed E-state index contributed by atoms with van der Waals surface area (Å²) in [5.74, 6) is 0.674. The van der Waals surface area contributed by atoms with Crippen molar-refractivity contribution in [1.29, 1.82) is 0 Å². The number of anilines is 1. The van der Waals surface area contributed by atoms with Gasteiger partial charge in [-0.3, -0.25) is 19.3 Å². The number of carbonyl (C=O) groups is 3. The number of carbonyl (C=O) groups excluding carboxylic acids is 3. The first-order valence-electron chi connectivity index (χ1n) is 14.1. The van der Waals surface area contributed by atoms with E-state index in [1.807, 2.05) is 44.2 Å². The fourth-order valence-electron chi connectivity index (χ4n) is 6.22. The van der Waals surface area contributed by atoms with Gasteiger partial charge in [0.1, 0.15) is 0 Å². The van der Waals surface area contributed by atoms with Crippen LogP contribution in [0.4, 0.5) is 5.69 Å². The summed E-state index contributed by atoms with van der Waals surface area (Å²) >= 11 is 0. The van der Waals surface area contributed by atoms with Crippen LogP contribution in [0, 0.1) is 5.92 Å². The SMILES string of the molecule is COc1ccc(CCNC(=O)[C@H]2CCCN(c3cccc4c3C(=O)N([C@@H]3CCOC(C)(C)C3)C4=O)C2)cc1OC. The number of imide groups is 1. The first kappa shape index (κ1) is 28.0. The van der Waals surface area contributed by atoms with Crippen molar-refractivity contribution in [2.75, 3.05) is 45.4 Å². The van der Waals surface area contributed by atoms with Crippen molar-refractivity contribution < 1.29 is 28.6 Å². The summed E-state index contributed by atoms with van der Waals surface area (Å²) in [7, 11) is 3.21. The minimum atomic E-state index is -0.381. The van der Waals surface area contributed by atoms with Crippen molar-refractivity contribution in [3.8, 4) is 11.5 Å². The largest absolute Gasteiger partial charge is 0.493 e. The van der Waals surface area contributed by atoms with Gasteiger partial charge in [0.15, 0.2) is 11.5 Å². The Hall–Kier alpha value is -3.59. The monoisotopic (exact) mass is 549 g/mol. The summed E-state index contributed by atoms with van der Waals surface area (Å²) in [5, 5.41) is 3.09. The van der Waals surface area contributed by atoms with E-state index in [-0.39, 0.29) is 35.3 Å². The highest BCUT2D eigenvalue weighted by atomic mass is 16.5. The summed E-state index contributed by atoms with van der Waals surface area (Å²) in [6, 6.07) is 11.0. The van der Waals surface area contributed by atoms with Crippen molar-refractivity contribution in [3.05, 3.63) is 53.1 Å². The third-order valence-electron chi connectivity index (χ3n) is 8.25. The molecule has 9 heteroatoms. The molecule has 1 N–H and O–H groups in total. The van der Waals surface area contributed by atoms with Gasteiger partial charge in [-0.15, -0.1) is 0 Å². The molecule has 3 amide bonds. The minimum Gasteiger partial charge on any atom is -0.493 e. The Morgan fingerprint density at radius 3 is 2.62 bits per heavy atom. The second-order valence-electron chi connectivity index (χ2n) is 11.5. The van der Waals surface area contributed by atoms with Crippen LogP contribution in [0.1, 0.15) is 65.8 Å². The van der Waals surface area contributed by atoms with Gasteiger partial charge in [-0.25, -0.2) is 0 Å². The van der Waals surface area contributed by atoms with Crippen molar-refractivity contribution >= 4 is 23.4 Å². The highest BCUT2D eigenvalue weighted by molar-refractivity contribution is 6.24. The topological polar surface area (TPSA) is 97.4 Å². The maximum Gasteiger partial charge on any atom is 0.263 e. The van der Waals surface area contributed by atoms with Crippen LogP contribution in [0.3, 0.4) is 0 Å². The smallest absolute Gasteiger partial charge is 0.263 e. The Balaban J connectivity index is 1.24. The molecule has 0 aliphatic carbocycles. The number of piperidine rings is 1. The Morgan fingerprint density at radius 1 is 1.07 bits per heavy atom. The van der Waals surface area contributed by atoms with E-state index in [0.717, 1.165) is 30.6 Å². The molecular weight excluding hydrogens is 510 g/mol. The molecule has 0 unspecified atom stereocenters. The zero-order chi connectivity index (χ0) is 28.4. The normalized spacial score (nSPS) is 22.2. The number of benzene rings is 2. The van der Waals surface area contributed by atoms with Gasteiger partial charge in [0.25, 0.3) is 11.8 Å². The number of fused-ring (bicyclic) bond motifs is 1. The number of hydrogen-bond acceptors (Lipinski definition) is 7. The average molecular weight is 550 g/mol. The van der Waals surface area contributed by atoms with Crippen LogP contribution in [-0.4, -0.2) is 74.7 Å². The molecule has 0 saturated carbocycles. The van der Waals surface area contributed by atoms with Crippen molar-refractivity contribution in [3.63, 3.8) is 0 Å². The van der Waals surface area contributed by atoms with Crippen LogP contribution >= 0.6 is 0 Å². The standard InChI is InChI=1S/C31H39N3O6/c1-31(2)18-22(13-16-40-31)34-29(36)23-8-5-9-24(27(23)30(34)37)33-15-6-7-21(19-33)28(35)32-14-12-20-10-11-25(38-3)26(17-20)39-4/h5,8-11,17,21-22H,6-7,12-16,18-19H2,1-4H3,(H,32,35)/t21-,22+/m0/s1. The van der Waals surface area contributed by atoms with Gasteiger partial charge >= 0.3 is 0 Å². The highest BCUT2D eigenvalue weighted by Gasteiger charge is 2.45. The molecule has 0 spiro atoms. The Kier molecular flexibility index (Phi) is 8.03. The van der Waals surface area contributed by atoms with Gasteiger partial charge in [0, 0.05) is 32.3 Å². The molecule has 3 heterocycles. The lowest BCUT2D eigenvalue weighted by Gasteiger charge is -2.39. The minimum absolute atomic E-state index is 0.00576. The molecule has 2 aromatic rings. The summed E-state index contributed by atoms with van der Waals surface area (Å²) in [6.07, 6.45) is 3.54. The zero-order valence-electron chi connectivity index (χ0n) is 23.8. The molecule has 0 bridgehead atoms. The highest BCUT2D eigenvalue weighted by Crippen LogP contribution is 2.38. The van der Waals surface area contributed by atoms with Crippen LogP contribution < -0.4 is 19.7 Å². The van der Waals surface area contributed by atoms with Crippen LogP contribution in [-0.2, 0) is 16.0 Å².